The van der Waals surface area contributed by atoms with Crippen LogP contribution in [0.2, 0.25) is 0 Å². The fourth-order valence-corrected chi connectivity index (χ4v) is 3.85. The number of hydrogen-bond acceptors (Lipinski definition) is 5. The van der Waals surface area contributed by atoms with Gasteiger partial charge >= 0.3 is 5.97 Å². The normalized spacial score (nSPS) is 16.6. The quantitative estimate of drug-likeness (QED) is 0.632. The molecule has 6 heteroatoms. The summed E-state index contributed by atoms with van der Waals surface area (Å²) in [5.41, 5.74) is 2.31. The second-order valence-electron chi connectivity index (χ2n) is 8.39. The molecule has 1 saturated heterocycles. The van der Waals surface area contributed by atoms with E-state index in [0.717, 1.165) is 24.2 Å². The Morgan fingerprint density at radius 1 is 1.20 bits per heavy atom. The average Bonchev–Trinajstić information content (AvgIpc) is 3.42. The van der Waals surface area contributed by atoms with Crippen LogP contribution >= 0.6 is 0 Å². The van der Waals surface area contributed by atoms with E-state index in [0.29, 0.717) is 25.1 Å². The zero-order valence-electron chi connectivity index (χ0n) is 18.5. The van der Waals surface area contributed by atoms with Crippen molar-refractivity contribution < 1.29 is 23.5 Å². The van der Waals surface area contributed by atoms with Gasteiger partial charge in [-0.05, 0) is 48.4 Å². The molecule has 1 atom stereocenters. The molecule has 6 nitrogen and oxygen atoms in total. The molecule has 0 N–H and O–H groups in total. The minimum Gasteiger partial charge on any atom is -0.496 e. The molecule has 0 spiro atoms. The first-order chi connectivity index (χ1) is 14.3. The highest BCUT2D eigenvalue weighted by Gasteiger charge is 2.36. The number of benzene rings is 1. The number of furan rings is 1. The van der Waals surface area contributed by atoms with E-state index >= 15 is 0 Å². The molecule has 1 aromatic carbocycles. The van der Waals surface area contributed by atoms with Gasteiger partial charge in [-0.25, -0.2) is 4.79 Å². The van der Waals surface area contributed by atoms with Gasteiger partial charge in [-0.2, -0.15) is 0 Å². The van der Waals surface area contributed by atoms with Gasteiger partial charge in [0.1, 0.15) is 17.6 Å². The predicted octanol–water partition coefficient (Wildman–Crippen LogP) is 4.34. The zero-order valence-corrected chi connectivity index (χ0v) is 18.5. The maximum atomic E-state index is 12.9. The van der Waals surface area contributed by atoms with Crippen LogP contribution in [-0.2, 0) is 21.4 Å². The first-order valence-electron chi connectivity index (χ1n) is 10.5. The van der Waals surface area contributed by atoms with Crippen molar-refractivity contribution in [2.75, 3.05) is 20.8 Å². The van der Waals surface area contributed by atoms with Gasteiger partial charge in [0, 0.05) is 18.5 Å². The van der Waals surface area contributed by atoms with Gasteiger partial charge in [0.2, 0.25) is 0 Å². The van der Waals surface area contributed by atoms with Crippen molar-refractivity contribution in [3.8, 4) is 5.75 Å². The number of carbonyl (C=O) groups excluding carboxylic acids is 2. The van der Waals surface area contributed by atoms with Crippen molar-refractivity contribution in [1.29, 1.82) is 0 Å². The Balaban J connectivity index is 1.81. The van der Waals surface area contributed by atoms with Crippen LogP contribution in [0.15, 0.2) is 34.7 Å². The Kier molecular flexibility index (Phi) is 6.54. The molecular weight excluding hydrogens is 382 g/mol. The van der Waals surface area contributed by atoms with Crippen LogP contribution in [0, 0.1) is 0 Å². The van der Waals surface area contributed by atoms with E-state index in [1.165, 1.54) is 12.7 Å². The highest BCUT2D eigenvalue weighted by Crippen LogP contribution is 2.32. The lowest BCUT2D eigenvalue weighted by Gasteiger charge is -2.24. The second kappa shape index (κ2) is 8.94. The molecule has 0 saturated carbocycles. The van der Waals surface area contributed by atoms with Crippen LogP contribution in [0.5, 0.6) is 5.75 Å². The summed E-state index contributed by atoms with van der Waals surface area (Å²) >= 11 is 0. The van der Waals surface area contributed by atoms with Gasteiger partial charge in [0.25, 0.3) is 5.91 Å². The molecular formula is C24H31NO5. The second-order valence-corrected chi connectivity index (χ2v) is 8.39. The van der Waals surface area contributed by atoms with E-state index in [9.17, 15) is 9.59 Å². The molecule has 0 bridgehead atoms. The Bertz CT molecular complexity index is 914. The molecule has 1 aliphatic heterocycles. The smallest absolute Gasteiger partial charge is 0.328 e. The number of esters is 1. The number of hydrogen-bond donors (Lipinski definition) is 0. The number of methoxy groups -OCH3 is 2. The summed E-state index contributed by atoms with van der Waals surface area (Å²) in [6, 6.07) is 9.19. The number of amides is 1. The molecule has 0 aliphatic carbocycles. The number of carbonyl (C=O) groups is 2. The van der Waals surface area contributed by atoms with Crippen molar-refractivity contribution >= 4 is 11.9 Å². The van der Waals surface area contributed by atoms with E-state index in [4.69, 9.17) is 13.9 Å². The van der Waals surface area contributed by atoms with Crippen molar-refractivity contribution in [3.63, 3.8) is 0 Å². The summed E-state index contributed by atoms with van der Waals surface area (Å²) in [7, 11) is 3.00. The molecule has 2 aromatic rings. The Hall–Kier alpha value is -2.76. The minimum atomic E-state index is -0.538. The van der Waals surface area contributed by atoms with Crippen LogP contribution in [0.3, 0.4) is 0 Å². The highest BCUT2D eigenvalue weighted by molar-refractivity contribution is 5.95. The number of nitrogens with zero attached hydrogens (tertiary/aromatic N) is 1. The lowest BCUT2D eigenvalue weighted by Crippen LogP contribution is -2.40. The summed E-state index contributed by atoms with van der Waals surface area (Å²) in [5.74, 6) is 1.05. The van der Waals surface area contributed by atoms with Crippen LogP contribution < -0.4 is 4.74 Å². The Morgan fingerprint density at radius 2 is 1.97 bits per heavy atom. The van der Waals surface area contributed by atoms with E-state index in [1.807, 2.05) is 12.1 Å². The van der Waals surface area contributed by atoms with Gasteiger partial charge < -0.3 is 18.8 Å². The third-order valence-corrected chi connectivity index (χ3v) is 6.17. The number of ether oxygens (including phenoxy) is 2. The fraction of sp³-hybridized carbons (Fsp3) is 0.500. The summed E-state index contributed by atoms with van der Waals surface area (Å²) in [4.78, 5) is 26.4. The van der Waals surface area contributed by atoms with Crippen molar-refractivity contribution in [3.05, 3.63) is 53.0 Å². The highest BCUT2D eigenvalue weighted by atomic mass is 16.5. The molecule has 1 unspecified atom stereocenters. The number of rotatable bonds is 7. The molecule has 1 aromatic heterocycles. The van der Waals surface area contributed by atoms with E-state index in [1.54, 1.807) is 18.1 Å². The van der Waals surface area contributed by atoms with Crippen molar-refractivity contribution in [1.82, 2.24) is 4.90 Å². The molecule has 30 heavy (non-hydrogen) atoms. The fourth-order valence-electron chi connectivity index (χ4n) is 3.85. The summed E-state index contributed by atoms with van der Waals surface area (Å²) < 4.78 is 16.2. The monoisotopic (exact) mass is 413 g/mol. The molecule has 0 radical (unpaired) electrons. The van der Waals surface area contributed by atoms with Gasteiger partial charge in [0.05, 0.1) is 14.2 Å². The standard InChI is InChI=1S/C24H31NO5/c1-6-24(2,3)17-9-11-20(28-4)16(14-17)15-18-10-12-21(30-18)22(26)25-13-7-8-19(25)23(27)29-5/h9-12,14,19H,6-8,13,15H2,1-5H3. The largest absolute Gasteiger partial charge is 0.496 e. The Labute approximate surface area is 178 Å². The summed E-state index contributed by atoms with van der Waals surface area (Å²) in [6.45, 7) is 7.14. The van der Waals surface area contributed by atoms with Crippen LogP contribution in [0.4, 0.5) is 0 Å². The third-order valence-electron chi connectivity index (χ3n) is 6.17. The molecule has 3 rings (SSSR count). The lowest BCUT2D eigenvalue weighted by molar-refractivity contribution is -0.145. The molecule has 1 fully saturated rings. The SMILES string of the molecule is CCC(C)(C)c1ccc(OC)c(Cc2ccc(C(=O)N3CCCC3C(=O)OC)o2)c1. The minimum absolute atomic E-state index is 0.0595. The maximum Gasteiger partial charge on any atom is 0.328 e. The van der Waals surface area contributed by atoms with Gasteiger partial charge in [-0.1, -0.05) is 32.9 Å². The zero-order chi connectivity index (χ0) is 21.9. The first kappa shape index (κ1) is 21.9. The number of likely N-dealkylation sites (tertiary alicyclic amines) is 1. The van der Waals surface area contributed by atoms with Gasteiger partial charge in [-0.3, -0.25) is 4.79 Å². The van der Waals surface area contributed by atoms with E-state index < -0.39 is 6.04 Å². The third kappa shape index (κ3) is 4.37. The summed E-state index contributed by atoms with van der Waals surface area (Å²) in [6.07, 6.45) is 2.93. The molecule has 1 aliphatic rings. The van der Waals surface area contributed by atoms with Crippen LogP contribution in [0.1, 0.15) is 67.5 Å². The van der Waals surface area contributed by atoms with Gasteiger partial charge in [-0.15, -0.1) is 0 Å². The van der Waals surface area contributed by atoms with E-state index in [2.05, 4.69) is 32.9 Å². The molecule has 162 valence electrons. The van der Waals surface area contributed by atoms with E-state index in [-0.39, 0.29) is 23.1 Å². The van der Waals surface area contributed by atoms with Crippen molar-refractivity contribution in [2.45, 2.75) is 57.9 Å². The first-order valence-corrected chi connectivity index (χ1v) is 10.5. The van der Waals surface area contributed by atoms with Crippen molar-refractivity contribution in [2.24, 2.45) is 0 Å². The molecule has 2 heterocycles. The topological polar surface area (TPSA) is 69.0 Å². The molecule has 1 amide bonds. The predicted molar refractivity (Wildman–Crippen MR) is 114 cm³/mol. The van der Waals surface area contributed by atoms with Crippen LogP contribution in [0.25, 0.3) is 0 Å². The lowest BCUT2D eigenvalue weighted by atomic mass is 9.81. The van der Waals surface area contributed by atoms with Gasteiger partial charge in [0.15, 0.2) is 5.76 Å². The Morgan fingerprint density at radius 3 is 2.63 bits per heavy atom. The maximum absolute atomic E-state index is 12.9. The summed E-state index contributed by atoms with van der Waals surface area (Å²) in [5, 5.41) is 0. The van der Waals surface area contributed by atoms with Crippen LogP contribution in [-0.4, -0.2) is 43.6 Å². The average molecular weight is 414 g/mol.